The molecular formula is C25H36I2N12O3. The lowest BCUT2D eigenvalue weighted by Crippen LogP contribution is -2.38. The number of likely N-dealkylation sites (tertiary alicyclic amines) is 1. The monoisotopic (exact) mass is 806 g/mol. The molecule has 6 heterocycles. The highest BCUT2D eigenvalue weighted by Crippen LogP contribution is 2.29. The standard InChI is InChI=1S/C13H19IN6O.C10H13IN6.C2H4O2/c1-21-6-5-19-4-2-3-9(7-19)20-13-10(11(14)18-20)12(15)16-8-17-13;11-8-7-9(12)14-5-15-10(7)17(16-8)6-2-1-3-13-4-6;1-2(3)4/h8-9H,2-7H2,1H3,(H2,15,16,17);5-6,13H,1-4H2,(H2,12,14,15);1H3,(H,3,4)/t9-;6-;/m00./s1. The third-order valence-electron chi connectivity index (χ3n) is 7.01. The van der Waals surface area contributed by atoms with Crippen molar-refractivity contribution >= 4 is 84.9 Å². The first-order valence-corrected chi connectivity index (χ1v) is 15.8. The van der Waals surface area contributed by atoms with E-state index in [2.05, 4.69) is 85.5 Å². The third kappa shape index (κ3) is 7.91. The van der Waals surface area contributed by atoms with Crippen LogP contribution in [-0.2, 0) is 9.53 Å². The van der Waals surface area contributed by atoms with Gasteiger partial charge in [-0.15, -0.1) is 0 Å². The molecule has 42 heavy (non-hydrogen) atoms. The van der Waals surface area contributed by atoms with Crippen molar-refractivity contribution in [1.82, 2.24) is 49.7 Å². The van der Waals surface area contributed by atoms with Gasteiger partial charge in [-0.3, -0.25) is 9.69 Å². The molecule has 0 saturated carbocycles. The van der Waals surface area contributed by atoms with E-state index in [1.54, 1.807) is 7.11 Å². The van der Waals surface area contributed by atoms with Crippen molar-refractivity contribution in [3.8, 4) is 0 Å². The molecule has 17 heteroatoms. The minimum atomic E-state index is -0.833. The van der Waals surface area contributed by atoms with Crippen LogP contribution in [0.1, 0.15) is 44.7 Å². The van der Waals surface area contributed by atoms with E-state index in [0.717, 1.165) is 95.0 Å². The molecule has 2 atom stereocenters. The minimum absolute atomic E-state index is 0.330. The number of carboxylic acids is 1. The lowest BCUT2D eigenvalue weighted by molar-refractivity contribution is -0.134. The molecule has 0 radical (unpaired) electrons. The fourth-order valence-corrected chi connectivity index (χ4v) is 6.61. The Hall–Kier alpha value is -2.49. The Kier molecular flexibility index (Phi) is 11.8. The Morgan fingerprint density at radius 2 is 1.55 bits per heavy atom. The van der Waals surface area contributed by atoms with Crippen LogP contribution in [0.15, 0.2) is 12.7 Å². The van der Waals surface area contributed by atoms with Crippen LogP contribution in [0.5, 0.6) is 0 Å². The highest BCUT2D eigenvalue weighted by Gasteiger charge is 2.25. The molecule has 4 aromatic heterocycles. The van der Waals surface area contributed by atoms with E-state index in [-0.39, 0.29) is 0 Å². The number of halogens is 2. The number of nitrogens with one attached hydrogen (secondary N) is 1. The predicted molar refractivity (Wildman–Crippen MR) is 176 cm³/mol. The van der Waals surface area contributed by atoms with Crippen molar-refractivity contribution in [3.05, 3.63) is 20.1 Å². The average molecular weight is 806 g/mol. The maximum atomic E-state index is 9.00. The van der Waals surface area contributed by atoms with E-state index >= 15 is 0 Å². The molecule has 2 aliphatic heterocycles. The molecule has 6 rings (SSSR count). The van der Waals surface area contributed by atoms with Crippen molar-refractivity contribution in [2.45, 2.75) is 44.7 Å². The summed E-state index contributed by atoms with van der Waals surface area (Å²) < 4.78 is 10.9. The van der Waals surface area contributed by atoms with Gasteiger partial charge in [0.05, 0.1) is 29.5 Å². The number of aromatic nitrogens is 8. The van der Waals surface area contributed by atoms with Crippen molar-refractivity contribution in [3.63, 3.8) is 0 Å². The molecule has 0 spiro atoms. The van der Waals surface area contributed by atoms with Crippen LogP contribution >= 0.6 is 45.2 Å². The van der Waals surface area contributed by atoms with E-state index in [1.165, 1.54) is 19.1 Å². The van der Waals surface area contributed by atoms with Crippen molar-refractivity contribution in [2.75, 3.05) is 57.9 Å². The van der Waals surface area contributed by atoms with Gasteiger partial charge in [0.25, 0.3) is 5.97 Å². The smallest absolute Gasteiger partial charge is 0.300 e. The lowest BCUT2D eigenvalue weighted by Gasteiger charge is -2.32. The summed E-state index contributed by atoms with van der Waals surface area (Å²) in [7, 11) is 1.74. The van der Waals surface area contributed by atoms with Crippen LogP contribution in [0, 0.1) is 7.40 Å². The normalized spacial score (nSPS) is 19.1. The van der Waals surface area contributed by atoms with Crippen LogP contribution in [0.2, 0.25) is 0 Å². The van der Waals surface area contributed by atoms with Gasteiger partial charge in [-0.05, 0) is 84.0 Å². The zero-order chi connectivity index (χ0) is 30.2. The molecule has 6 N–H and O–H groups in total. The van der Waals surface area contributed by atoms with Gasteiger partial charge in [-0.2, -0.15) is 10.2 Å². The van der Waals surface area contributed by atoms with Gasteiger partial charge < -0.3 is 26.6 Å². The van der Waals surface area contributed by atoms with Crippen LogP contribution in [0.25, 0.3) is 22.1 Å². The van der Waals surface area contributed by atoms with Crippen LogP contribution in [0.3, 0.4) is 0 Å². The predicted octanol–water partition coefficient (Wildman–Crippen LogP) is 2.32. The van der Waals surface area contributed by atoms with Crippen molar-refractivity contribution in [2.24, 2.45) is 0 Å². The molecule has 4 aromatic rings. The summed E-state index contributed by atoms with van der Waals surface area (Å²) in [6.07, 6.45) is 7.58. The maximum Gasteiger partial charge on any atom is 0.300 e. The average Bonchev–Trinajstić information content (AvgIpc) is 3.51. The number of carbonyl (C=O) groups is 1. The summed E-state index contributed by atoms with van der Waals surface area (Å²) in [5.74, 6) is 0.178. The molecule has 0 unspecified atom stereocenters. The first-order valence-electron chi connectivity index (χ1n) is 13.6. The SMILES string of the molecule is CC(=O)O.COCCN1CCC[C@H](n2nc(I)c3c(N)ncnc32)C1.Nc1ncnc2c1c(I)nn2[C@H]1CCCNC1. The zero-order valence-corrected chi connectivity index (χ0v) is 27.9. The fraction of sp³-hybridized carbons (Fsp3) is 0.560. The van der Waals surface area contributed by atoms with Gasteiger partial charge in [0.15, 0.2) is 11.3 Å². The summed E-state index contributed by atoms with van der Waals surface area (Å²) in [5.41, 5.74) is 13.5. The number of aliphatic carboxylic acids is 1. The number of hydrogen-bond donors (Lipinski definition) is 4. The van der Waals surface area contributed by atoms with Crippen LogP contribution < -0.4 is 16.8 Å². The quantitative estimate of drug-likeness (QED) is 0.215. The van der Waals surface area contributed by atoms with Crippen molar-refractivity contribution < 1.29 is 14.6 Å². The number of methoxy groups -OCH3 is 1. The molecule has 0 bridgehead atoms. The number of nitrogens with zero attached hydrogens (tertiary/aromatic N) is 9. The number of fused-ring (bicyclic) bond motifs is 2. The van der Waals surface area contributed by atoms with Gasteiger partial charge in [0, 0.05) is 33.7 Å². The third-order valence-corrected chi connectivity index (χ3v) is 8.52. The van der Waals surface area contributed by atoms with Gasteiger partial charge >= 0.3 is 0 Å². The largest absolute Gasteiger partial charge is 0.481 e. The molecule has 15 nitrogen and oxygen atoms in total. The lowest BCUT2D eigenvalue weighted by atomic mass is 10.1. The van der Waals surface area contributed by atoms with Crippen LogP contribution in [0.4, 0.5) is 11.6 Å². The second kappa shape index (κ2) is 15.3. The molecular weight excluding hydrogens is 770 g/mol. The topological polar surface area (TPSA) is 201 Å². The number of nitrogen functional groups attached to an aromatic ring is 2. The summed E-state index contributed by atoms with van der Waals surface area (Å²) in [4.78, 5) is 28.2. The molecule has 0 aliphatic carbocycles. The Labute approximate surface area is 270 Å². The molecule has 2 fully saturated rings. The summed E-state index contributed by atoms with van der Waals surface area (Å²) in [6, 6.07) is 0.694. The summed E-state index contributed by atoms with van der Waals surface area (Å²) in [6.45, 7) is 6.92. The Balaban J connectivity index is 0.000000174. The zero-order valence-electron chi connectivity index (χ0n) is 23.6. The molecule has 228 valence electrons. The number of ether oxygens (including phenoxy) is 1. The first kappa shape index (κ1) is 32.4. The Morgan fingerprint density at radius 1 is 1.00 bits per heavy atom. The second-order valence-electron chi connectivity index (χ2n) is 9.99. The van der Waals surface area contributed by atoms with Gasteiger partial charge in [-0.25, -0.2) is 29.3 Å². The molecule has 2 aliphatic rings. The van der Waals surface area contributed by atoms with E-state index in [1.807, 2.05) is 9.36 Å². The summed E-state index contributed by atoms with van der Waals surface area (Å²) >= 11 is 4.39. The van der Waals surface area contributed by atoms with Gasteiger partial charge in [0.1, 0.15) is 31.7 Å². The van der Waals surface area contributed by atoms with E-state index in [4.69, 9.17) is 26.1 Å². The van der Waals surface area contributed by atoms with E-state index in [9.17, 15) is 0 Å². The number of carboxylic acid groups (broad SMARTS) is 1. The number of anilines is 2. The minimum Gasteiger partial charge on any atom is -0.481 e. The highest BCUT2D eigenvalue weighted by molar-refractivity contribution is 14.1. The molecule has 2 saturated heterocycles. The fourth-order valence-electron chi connectivity index (χ4n) is 5.11. The highest BCUT2D eigenvalue weighted by atomic mass is 127. The van der Waals surface area contributed by atoms with Gasteiger partial charge in [-0.1, -0.05) is 0 Å². The Morgan fingerprint density at radius 3 is 2.07 bits per heavy atom. The number of piperidine rings is 2. The summed E-state index contributed by atoms with van der Waals surface area (Å²) in [5, 5.41) is 21.7. The van der Waals surface area contributed by atoms with Crippen LogP contribution in [-0.4, -0.2) is 102 Å². The second-order valence-corrected chi connectivity index (χ2v) is 12.0. The molecule has 0 aromatic carbocycles. The maximum absolute atomic E-state index is 9.00. The number of rotatable bonds is 5. The Bertz CT molecular complexity index is 1490. The number of hydrogen-bond acceptors (Lipinski definition) is 12. The van der Waals surface area contributed by atoms with Crippen molar-refractivity contribution in [1.29, 1.82) is 0 Å². The van der Waals surface area contributed by atoms with E-state index in [0.29, 0.717) is 23.7 Å². The van der Waals surface area contributed by atoms with Gasteiger partial charge in [0.2, 0.25) is 0 Å². The molecule has 0 amide bonds. The first-order chi connectivity index (χ1) is 20.2. The van der Waals surface area contributed by atoms with E-state index < -0.39 is 5.97 Å². The number of nitrogens with two attached hydrogens (primary N) is 2.